The van der Waals surface area contributed by atoms with Crippen molar-refractivity contribution >= 4 is 0 Å². The van der Waals surface area contributed by atoms with Crippen LogP contribution in [0.3, 0.4) is 0 Å². The minimum Gasteiger partial charge on any atom is -0.748 e. The van der Waals surface area contributed by atoms with Crippen molar-refractivity contribution in [2.75, 3.05) is 19.6 Å². The molecule has 0 radical (unpaired) electrons. The molecule has 0 aliphatic heterocycles. The summed E-state index contributed by atoms with van der Waals surface area (Å²) in [5.74, 6) is 0. The fourth-order valence-corrected chi connectivity index (χ4v) is 3.57. The van der Waals surface area contributed by atoms with Gasteiger partial charge in [0.1, 0.15) is 0 Å². The number of alkyl halides is 6. The first-order valence-electron chi connectivity index (χ1n) is 11.8. The van der Waals surface area contributed by atoms with E-state index >= 15 is 0 Å². The molecule has 0 unspecified atom stereocenters. The van der Waals surface area contributed by atoms with E-state index in [2.05, 4.69) is 15.6 Å². The predicted octanol–water partition coefficient (Wildman–Crippen LogP) is 6.32. The minimum atomic E-state index is -4.85. The SMILES string of the molecule is O[C@H](CNCCNC[c-]1cccc1)c1ccc(-c2ccc(C(F)(F)F)cc2)nc1C(F)(F)F.[Fe].[cH-]1[cH-][cH-][cH-][cH-]1. The van der Waals surface area contributed by atoms with Crippen LogP contribution < -0.4 is 10.6 Å². The maximum atomic E-state index is 13.6. The molecule has 0 saturated heterocycles. The Morgan fingerprint density at radius 2 is 1.36 bits per heavy atom. The molecule has 0 spiro atoms. The fraction of sp³-hybridized carbons (Fsp3) is 0.250. The van der Waals surface area contributed by atoms with Crippen LogP contribution >= 0.6 is 0 Å². The van der Waals surface area contributed by atoms with Gasteiger partial charge in [0.25, 0.3) is 0 Å². The second kappa shape index (κ2) is 15.0. The third kappa shape index (κ3) is 10.3. The third-order valence-electron chi connectivity index (χ3n) is 5.49. The number of hydrogen-bond acceptors (Lipinski definition) is 4. The molecule has 1 heterocycles. The molecular weight excluding hydrogens is 564 g/mol. The zero-order valence-electron chi connectivity index (χ0n) is 20.6. The smallest absolute Gasteiger partial charge is 0.433 e. The van der Waals surface area contributed by atoms with Gasteiger partial charge >= 0.3 is 12.4 Å². The average molecular weight is 591 g/mol. The molecule has 4 aromatic rings. The van der Waals surface area contributed by atoms with Gasteiger partial charge in [0.05, 0.1) is 17.4 Å². The largest absolute Gasteiger partial charge is 0.748 e. The normalized spacial score (nSPS) is 12.3. The number of aromatic nitrogens is 1. The van der Waals surface area contributed by atoms with Crippen molar-refractivity contribution in [3.8, 4) is 11.3 Å². The molecule has 11 heteroatoms. The van der Waals surface area contributed by atoms with Gasteiger partial charge in [-0.1, -0.05) is 18.2 Å². The number of pyridine rings is 1. The quantitative estimate of drug-likeness (QED) is 0.0924. The second-order valence-corrected chi connectivity index (χ2v) is 8.36. The fourth-order valence-electron chi connectivity index (χ4n) is 3.57. The van der Waals surface area contributed by atoms with E-state index < -0.39 is 35.3 Å². The topological polar surface area (TPSA) is 57.2 Å². The van der Waals surface area contributed by atoms with E-state index in [0.29, 0.717) is 19.6 Å². The van der Waals surface area contributed by atoms with Crippen LogP contribution in [0.2, 0.25) is 0 Å². The number of hydrogen-bond donors (Lipinski definition) is 3. The Morgan fingerprint density at radius 1 is 0.795 bits per heavy atom. The van der Waals surface area contributed by atoms with Gasteiger partial charge in [-0.3, -0.25) is 0 Å². The standard InChI is InChI=1S/C23H22F6N3O.C5H5.Fe/c24-22(25,26)17-7-5-16(6-8-17)19-10-9-18(21(32-19)23(27,28)29)20(33)14-31-12-11-30-13-15-3-1-2-4-15;1-2-4-5-3-1;/h1-10,20,30-31,33H,11-14H2;1-5H;/q-1;-5;/t20-;;/m1../s1. The van der Waals surface area contributed by atoms with Crippen molar-refractivity contribution in [3.05, 3.63) is 113 Å². The number of halogens is 6. The molecule has 1 aromatic heterocycles. The minimum absolute atomic E-state index is 0. The van der Waals surface area contributed by atoms with E-state index in [1.165, 1.54) is 6.07 Å². The van der Waals surface area contributed by atoms with Crippen LogP contribution in [-0.4, -0.2) is 29.7 Å². The Morgan fingerprint density at radius 3 is 1.90 bits per heavy atom. The van der Waals surface area contributed by atoms with Crippen molar-refractivity contribution in [3.63, 3.8) is 0 Å². The molecule has 216 valence electrons. The van der Waals surface area contributed by atoms with Crippen molar-refractivity contribution in [2.45, 2.75) is 25.0 Å². The molecule has 0 aliphatic carbocycles. The molecule has 0 fully saturated rings. The summed E-state index contributed by atoms with van der Waals surface area (Å²) in [5.41, 5.74) is -1.52. The molecule has 1 atom stereocenters. The zero-order chi connectivity index (χ0) is 27.6. The van der Waals surface area contributed by atoms with Crippen LogP contribution in [-0.2, 0) is 36.0 Å². The number of rotatable bonds is 9. The number of aliphatic hydroxyl groups is 1. The van der Waals surface area contributed by atoms with E-state index in [9.17, 15) is 31.4 Å². The first-order chi connectivity index (χ1) is 18.1. The van der Waals surface area contributed by atoms with E-state index in [4.69, 9.17) is 0 Å². The Balaban J connectivity index is 0.000000797. The number of aliphatic hydroxyl groups excluding tert-OH is 1. The van der Waals surface area contributed by atoms with Crippen molar-refractivity contribution < 1.29 is 48.5 Å². The summed E-state index contributed by atoms with van der Waals surface area (Å²) >= 11 is 0. The van der Waals surface area contributed by atoms with Gasteiger partial charge in [-0.05, 0) is 24.7 Å². The van der Waals surface area contributed by atoms with Gasteiger partial charge in [0.15, 0.2) is 5.69 Å². The second-order valence-electron chi connectivity index (χ2n) is 8.36. The maximum absolute atomic E-state index is 13.6. The zero-order valence-corrected chi connectivity index (χ0v) is 21.7. The summed E-state index contributed by atoms with van der Waals surface area (Å²) in [6, 6.07) is 23.8. The Labute approximate surface area is 233 Å². The van der Waals surface area contributed by atoms with E-state index in [1.54, 1.807) is 0 Å². The molecule has 3 N–H and O–H groups in total. The van der Waals surface area contributed by atoms with Crippen molar-refractivity contribution in [1.82, 2.24) is 15.6 Å². The van der Waals surface area contributed by atoms with Crippen molar-refractivity contribution in [2.24, 2.45) is 0 Å². The average Bonchev–Trinajstić information content (AvgIpc) is 3.62. The molecule has 4 nitrogen and oxygen atoms in total. The van der Waals surface area contributed by atoms with Gasteiger partial charge in [-0.15, -0.1) is 5.56 Å². The molecule has 0 saturated carbocycles. The summed E-state index contributed by atoms with van der Waals surface area (Å²) in [4.78, 5) is 3.61. The van der Waals surface area contributed by atoms with E-state index in [-0.39, 0.29) is 34.9 Å². The summed E-state index contributed by atoms with van der Waals surface area (Å²) in [5, 5.41) is 16.4. The monoisotopic (exact) mass is 591 g/mol. The first-order valence-corrected chi connectivity index (χ1v) is 11.8. The van der Waals surface area contributed by atoms with Crippen LogP contribution in [0.15, 0.2) is 91.0 Å². The van der Waals surface area contributed by atoms with Gasteiger partial charge in [-0.25, -0.2) is 17.1 Å². The molecular formula is C28H27F6FeN3O-6. The number of nitrogens with zero attached hydrogens (tertiary/aromatic N) is 1. The molecule has 0 aliphatic rings. The Hall–Kier alpha value is -2.95. The van der Waals surface area contributed by atoms with Crippen LogP contribution in [0, 0.1) is 0 Å². The van der Waals surface area contributed by atoms with Crippen LogP contribution in [0.25, 0.3) is 11.3 Å². The first kappa shape index (κ1) is 32.3. The van der Waals surface area contributed by atoms with E-state index in [1.807, 2.05) is 54.6 Å². The van der Waals surface area contributed by atoms with Gasteiger partial charge in [0, 0.05) is 47.8 Å². The van der Waals surface area contributed by atoms with Crippen molar-refractivity contribution in [1.29, 1.82) is 0 Å². The maximum Gasteiger partial charge on any atom is 0.433 e. The number of benzene rings is 1. The van der Waals surface area contributed by atoms with Crippen LogP contribution in [0.1, 0.15) is 28.5 Å². The summed E-state index contributed by atoms with van der Waals surface area (Å²) in [7, 11) is 0. The molecule has 4 rings (SSSR count). The third-order valence-corrected chi connectivity index (χ3v) is 5.49. The predicted molar refractivity (Wildman–Crippen MR) is 133 cm³/mol. The number of nitrogens with one attached hydrogen (secondary N) is 2. The van der Waals surface area contributed by atoms with E-state index in [0.717, 1.165) is 35.9 Å². The molecule has 39 heavy (non-hydrogen) atoms. The molecule has 0 amide bonds. The van der Waals surface area contributed by atoms with Crippen LogP contribution in [0.5, 0.6) is 0 Å². The summed E-state index contributed by atoms with van der Waals surface area (Å²) in [6.45, 7) is 1.51. The van der Waals surface area contributed by atoms with Gasteiger partial charge in [0.2, 0.25) is 0 Å². The summed E-state index contributed by atoms with van der Waals surface area (Å²) in [6.07, 6.45) is -10.9. The van der Waals surface area contributed by atoms with Gasteiger partial charge in [-0.2, -0.15) is 38.5 Å². The Kier molecular flexibility index (Phi) is 12.4. The summed E-state index contributed by atoms with van der Waals surface area (Å²) < 4.78 is 78.9. The van der Waals surface area contributed by atoms with Gasteiger partial charge < -0.3 is 46.1 Å². The molecule has 3 aromatic carbocycles. The molecule has 0 bridgehead atoms. The Bertz CT molecular complexity index is 1190. The van der Waals surface area contributed by atoms with Crippen LogP contribution in [0.4, 0.5) is 26.3 Å².